The molecule has 0 bridgehead atoms. The molecule has 0 radical (unpaired) electrons. The Morgan fingerprint density at radius 1 is 1.00 bits per heavy atom. The third-order valence-corrected chi connectivity index (χ3v) is 3.20. The fourth-order valence-electron chi connectivity index (χ4n) is 2.12. The van der Waals surface area contributed by atoms with E-state index in [4.69, 9.17) is 9.47 Å². The SMILES string of the molecule is COCCNCc1cccc(OCc2cccc(C)c2)c1. The highest BCUT2D eigenvalue weighted by molar-refractivity contribution is 5.29. The molecular weight excluding hydrogens is 262 g/mol. The summed E-state index contributed by atoms with van der Waals surface area (Å²) in [5.74, 6) is 0.905. The molecule has 0 spiro atoms. The molecule has 1 N–H and O–H groups in total. The number of methoxy groups -OCH3 is 1. The van der Waals surface area contributed by atoms with Crippen molar-refractivity contribution in [1.82, 2.24) is 5.32 Å². The van der Waals surface area contributed by atoms with Crippen molar-refractivity contribution >= 4 is 0 Å². The van der Waals surface area contributed by atoms with Crippen LogP contribution in [0.3, 0.4) is 0 Å². The van der Waals surface area contributed by atoms with Gasteiger partial charge in [-0.25, -0.2) is 0 Å². The summed E-state index contributed by atoms with van der Waals surface area (Å²) in [6.07, 6.45) is 0. The minimum atomic E-state index is 0.599. The van der Waals surface area contributed by atoms with Gasteiger partial charge in [-0.15, -0.1) is 0 Å². The Morgan fingerprint density at radius 3 is 2.62 bits per heavy atom. The summed E-state index contributed by atoms with van der Waals surface area (Å²) in [7, 11) is 1.71. The van der Waals surface area contributed by atoms with Gasteiger partial charge >= 0.3 is 0 Å². The highest BCUT2D eigenvalue weighted by atomic mass is 16.5. The van der Waals surface area contributed by atoms with Crippen LogP contribution in [0.2, 0.25) is 0 Å². The summed E-state index contributed by atoms with van der Waals surface area (Å²) < 4.78 is 10.9. The van der Waals surface area contributed by atoms with Crippen molar-refractivity contribution < 1.29 is 9.47 Å². The van der Waals surface area contributed by atoms with Gasteiger partial charge in [0.1, 0.15) is 12.4 Å². The molecule has 0 saturated carbocycles. The minimum Gasteiger partial charge on any atom is -0.489 e. The molecule has 0 heterocycles. The highest BCUT2D eigenvalue weighted by Crippen LogP contribution is 2.15. The first-order valence-electron chi connectivity index (χ1n) is 7.25. The average Bonchev–Trinajstić information content (AvgIpc) is 2.50. The van der Waals surface area contributed by atoms with Crippen molar-refractivity contribution in [3.8, 4) is 5.75 Å². The first kappa shape index (κ1) is 15.5. The van der Waals surface area contributed by atoms with Crippen molar-refractivity contribution in [3.05, 3.63) is 65.2 Å². The number of hydrogen-bond donors (Lipinski definition) is 1. The second kappa shape index (κ2) is 8.45. The lowest BCUT2D eigenvalue weighted by molar-refractivity contribution is 0.199. The number of hydrogen-bond acceptors (Lipinski definition) is 3. The molecule has 2 aromatic carbocycles. The van der Waals surface area contributed by atoms with E-state index in [2.05, 4.69) is 48.6 Å². The lowest BCUT2D eigenvalue weighted by atomic mass is 10.1. The molecule has 112 valence electrons. The van der Waals surface area contributed by atoms with Crippen molar-refractivity contribution in [2.24, 2.45) is 0 Å². The third kappa shape index (κ3) is 5.58. The lowest BCUT2D eigenvalue weighted by Gasteiger charge is -2.09. The molecule has 3 heteroatoms. The van der Waals surface area contributed by atoms with Crippen LogP contribution in [0.5, 0.6) is 5.75 Å². The van der Waals surface area contributed by atoms with Gasteiger partial charge in [-0.1, -0.05) is 42.0 Å². The molecule has 0 amide bonds. The number of aryl methyl sites for hydroxylation is 1. The van der Waals surface area contributed by atoms with Gasteiger partial charge in [0.2, 0.25) is 0 Å². The molecular formula is C18H23NO2. The van der Waals surface area contributed by atoms with Crippen molar-refractivity contribution in [3.63, 3.8) is 0 Å². The standard InChI is InChI=1S/C18H23NO2/c1-15-5-3-7-17(11-15)14-21-18-8-4-6-16(12-18)13-19-9-10-20-2/h3-8,11-12,19H,9-10,13-14H2,1-2H3. The Hall–Kier alpha value is -1.84. The van der Waals surface area contributed by atoms with Crippen molar-refractivity contribution in [2.75, 3.05) is 20.3 Å². The maximum Gasteiger partial charge on any atom is 0.120 e. The summed E-state index contributed by atoms with van der Waals surface area (Å²) in [6.45, 7) is 5.09. The third-order valence-electron chi connectivity index (χ3n) is 3.20. The summed E-state index contributed by atoms with van der Waals surface area (Å²) in [6, 6.07) is 16.6. The molecule has 0 fully saturated rings. The molecule has 0 unspecified atom stereocenters. The van der Waals surface area contributed by atoms with Gasteiger partial charge in [-0.05, 0) is 30.2 Å². The molecule has 21 heavy (non-hydrogen) atoms. The summed E-state index contributed by atoms with van der Waals surface area (Å²) >= 11 is 0. The first-order chi connectivity index (χ1) is 10.3. The zero-order chi connectivity index (χ0) is 14.9. The number of nitrogens with one attached hydrogen (secondary N) is 1. The first-order valence-corrected chi connectivity index (χ1v) is 7.25. The van der Waals surface area contributed by atoms with Crippen LogP contribution in [0.1, 0.15) is 16.7 Å². The molecule has 3 nitrogen and oxygen atoms in total. The van der Waals surface area contributed by atoms with E-state index in [0.29, 0.717) is 6.61 Å². The molecule has 2 rings (SSSR count). The molecule has 0 saturated heterocycles. The fraction of sp³-hybridized carbons (Fsp3) is 0.333. The van der Waals surface area contributed by atoms with Gasteiger partial charge < -0.3 is 14.8 Å². The highest BCUT2D eigenvalue weighted by Gasteiger charge is 1.99. The van der Waals surface area contributed by atoms with Gasteiger partial charge in [-0.3, -0.25) is 0 Å². The fourth-order valence-corrected chi connectivity index (χ4v) is 2.12. The van der Waals surface area contributed by atoms with E-state index in [1.54, 1.807) is 7.11 Å². The average molecular weight is 285 g/mol. The molecule has 0 aromatic heterocycles. The molecule has 2 aromatic rings. The second-order valence-corrected chi connectivity index (χ2v) is 5.09. The van der Waals surface area contributed by atoms with Gasteiger partial charge in [-0.2, -0.15) is 0 Å². The minimum absolute atomic E-state index is 0.599. The topological polar surface area (TPSA) is 30.5 Å². The van der Waals surface area contributed by atoms with Crippen LogP contribution < -0.4 is 10.1 Å². The van der Waals surface area contributed by atoms with Crippen molar-refractivity contribution in [2.45, 2.75) is 20.1 Å². The van der Waals surface area contributed by atoms with Gasteiger partial charge in [0.05, 0.1) is 6.61 Å². The Morgan fingerprint density at radius 2 is 1.81 bits per heavy atom. The monoisotopic (exact) mass is 285 g/mol. The van der Waals surface area contributed by atoms with Crippen LogP contribution in [0, 0.1) is 6.92 Å². The van der Waals surface area contributed by atoms with Crippen LogP contribution in [0.25, 0.3) is 0 Å². The van der Waals surface area contributed by atoms with Crippen LogP contribution >= 0.6 is 0 Å². The second-order valence-electron chi connectivity index (χ2n) is 5.09. The largest absolute Gasteiger partial charge is 0.489 e. The Bertz CT molecular complexity index is 554. The Labute approximate surface area is 126 Å². The van der Waals surface area contributed by atoms with Gasteiger partial charge in [0.25, 0.3) is 0 Å². The van der Waals surface area contributed by atoms with Crippen LogP contribution in [-0.2, 0) is 17.9 Å². The van der Waals surface area contributed by atoms with E-state index >= 15 is 0 Å². The number of ether oxygens (including phenoxy) is 2. The molecule has 0 aliphatic heterocycles. The van der Waals surface area contributed by atoms with E-state index in [1.807, 2.05) is 12.1 Å². The van der Waals surface area contributed by atoms with E-state index in [0.717, 1.165) is 25.4 Å². The maximum atomic E-state index is 5.86. The van der Waals surface area contributed by atoms with Crippen molar-refractivity contribution in [1.29, 1.82) is 0 Å². The summed E-state index contributed by atoms with van der Waals surface area (Å²) in [5.41, 5.74) is 3.67. The molecule has 0 aliphatic carbocycles. The summed E-state index contributed by atoms with van der Waals surface area (Å²) in [5, 5.41) is 3.33. The summed E-state index contributed by atoms with van der Waals surface area (Å²) in [4.78, 5) is 0. The zero-order valence-corrected chi connectivity index (χ0v) is 12.8. The van der Waals surface area contributed by atoms with E-state index < -0.39 is 0 Å². The van der Waals surface area contributed by atoms with Crippen LogP contribution in [0.15, 0.2) is 48.5 Å². The number of rotatable bonds is 8. The predicted molar refractivity (Wildman–Crippen MR) is 85.5 cm³/mol. The van der Waals surface area contributed by atoms with E-state index in [1.165, 1.54) is 16.7 Å². The maximum absolute atomic E-state index is 5.86. The van der Waals surface area contributed by atoms with E-state index in [9.17, 15) is 0 Å². The normalized spacial score (nSPS) is 10.6. The molecule has 0 aliphatic rings. The predicted octanol–water partition coefficient (Wildman–Crippen LogP) is 3.31. The number of benzene rings is 2. The van der Waals surface area contributed by atoms with Crippen LogP contribution in [-0.4, -0.2) is 20.3 Å². The zero-order valence-electron chi connectivity index (χ0n) is 12.8. The van der Waals surface area contributed by atoms with E-state index in [-0.39, 0.29) is 0 Å². The Kier molecular flexibility index (Phi) is 6.25. The smallest absolute Gasteiger partial charge is 0.120 e. The van der Waals surface area contributed by atoms with Gasteiger partial charge in [0.15, 0.2) is 0 Å². The van der Waals surface area contributed by atoms with Crippen LogP contribution in [0.4, 0.5) is 0 Å². The quantitative estimate of drug-likeness (QED) is 0.755. The van der Waals surface area contributed by atoms with Gasteiger partial charge in [0, 0.05) is 20.2 Å². The lowest BCUT2D eigenvalue weighted by Crippen LogP contribution is -2.18. The molecule has 0 atom stereocenters. The Balaban J connectivity index is 1.86.